The molecule has 9 nitrogen and oxygen atoms in total. The van der Waals surface area contributed by atoms with Crippen LogP contribution in [0.25, 0.3) is 5.65 Å². The molecule has 1 amide bonds. The summed E-state index contributed by atoms with van der Waals surface area (Å²) in [6.07, 6.45) is 3.05. The molecule has 2 aromatic heterocycles. The van der Waals surface area contributed by atoms with Crippen LogP contribution in [0.5, 0.6) is 0 Å². The first kappa shape index (κ1) is 24.1. The van der Waals surface area contributed by atoms with E-state index in [1.807, 2.05) is 54.7 Å². The lowest BCUT2D eigenvalue weighted by Crippen LogP contribution is -2.42. The van der Waals surface area contributed by atoms with Gasteiger partial charge in [0.05, 0.1) is 11.3 Å². The van der Waals surface area contributed by atoms with Crippen LogP contribution in [0.2, 0.25) is 5.02 Å². The van der Waals surface area contributed by atoms with Gasteiger partial charge in [-0.3, -0.25) is 4.79 Å². The summed E-state index contributed by atoms with van der Waals surface area (Å²) < 4.78 is 1.74. The number of anilines is 3. The summed E-state index contributed by atoms with van der Waals surface area (Å²) in [6, 6.07) is 18.5. The number of hydrogen-bond donors (Lipinski definition) is 4. The third kappa shape index (κ3) is 4.99. The molecule has 36 heavy (non-hydrogen) atoms. The smallest absolute Gasteiger partial charge is 0.251 e. The minimum Gasteiger partial charge on any atom is -0.385 e. The Morgan fingerprint density at radius 3 is 2.50 bits per heavy atom. The number of benzene rings is 2. The summed E-state index contributed by atoms with van der Waals surface area (Å²) in [4.78, 5) is 19.0. The van der Waals surface area contributed by atoms with Crippen LogP contribution in [0.15, 0.2) is 66.9 Å². The van der Waals surface area contributed by atoms with Crippen molar-refractivity contribution in [1.29, 1.82) is 0 Å². The predicted octanol–water partition coefficient (Wildman–Crippen LogP) is 3.30. The molecule has 3 heterocycles. The van der Waals surface area contributed by atoms with Crippen LogP contribution in [0, 0.1) is 0 Å². The fourth-order valence-corrected chi connectivity index (χ4v) is 4.61. The topological polar surface area (TPSA) is 121 Å². The standard InChI is InChI=1S/C26H28ClN7O2/c27-20-7-5-19(6-8-20)26(36)11-16-33(17-12-26)22-2-1-15-34-23(22)31-25(32-34)30-21-9-3-18(4-10-21)24(35)29-14-13-28/h1-10,15,36H,11-14,16-17,28H2,(H,29,35)(H,30,32). The number of fused-ring (bicyclic) bond motifs is 1. The number of nitrogens with two attached hydrogens (primary N) is 1. The number of amides is 1. The summed E-state index contributed by atoms with van der Waals surface area (Å²) in [5.74, 6) is 0.296. The average molecular weight is 506 g/mol. The van der Waals surface area contributed by atoms with Gasteiger partial charge >= 0.3 is 0 Å². The zero-order valence-electron chi connectivity index (χ0n) is 19.7. The van der Waals surface area contributed by atoms with E-state index in [-0.39, 0.29) is 5.91 Å². The molecule has 0 unspecified atom stereocenters. The van der Waals surface area contributed by atoms with Gasteiger partial charge in [-0.1, -0.05) is 23.7 Å². The Balaban J connectivity index is 1.29. The highest BCUT2D eigenvalue weighted by Crippen LogP contribution is 2.36. The second-order valence-corrected chi connectivity index (χ2v) is 9.31. The lowest BCUT2D eigenvalue weighted by atomic mass is 9.84. The molecule has 1 fully saturated rings. The van der Waals surface area contributed by atoms with Gasteiger partial charge in [0, 0.05) is 48.6 Å². The first-order valence-electron chi connectivity index (χ1n) is 11.9. The van der Waals surface area contributed by atoms with Gasteiger partial charge in [0.2, 0.25) is 5.95 Å². The van der Waals surface area contributed by atoms with Gasteiger partial charge in [-0.15, -0.1) is 5.10 Å². The number of aliphatic hydroxyl groups is 1. The second-order valence-electron chi connectivity index (χ2n) is 8.87. The lowest BCUT2D eigenvalue weighted by Gasteiger charge is -2.39. The fourth-order valence-electron chi connectivity index (χ4n) is 4.48. The molecular weight excluding hydrogens is 478 g/mol. The van der Waals surface area contributed by atoms with Gasteiger partial charge in [-0.2, -0.15) is 4.98 Å². The van der Waals surface area contributed by atoms with Gasteiger partial charge in [0.15, 0.2) is 5.65 Å². The van der Waals surface area contributed by atoms with E-state index in [2.05, 4.69) is 20.6 Å². The second kappa shape index (κ2) is 10.1. The molecule has 5 N–H and O–H groups in total. The predicted molar refractivity (Wildman–Crippen MR) is 141 cm³/mol. The molecule has 0 bridgehead atoms. The SMILES string of the molecule is NCCNC(=O)c1ccc(Nc2nc3c(N4CCC(O)(c5ccc(Cl)cc5)CC4)cccn3n2)cc1. The third-order valence-electron chi connectivity index (χ3n) is 6.49. The summed E-state index contributed by atoms with van der Waals surface area (Å²) in [6.45, 7) is 2.20. The van der Waals surface area contributed by atoms with Crippen LogP contribution in [0.3, 0.4) is 0 Å². The number of carbonyl (C=O) groups excluding carboxylic acids is 1. The van der Waals surface area contributed by atoms with E-state index in [0.29, 0.717) is 55.6 Å². The quantitative estimate of drug-likeness (QED) is 0.304. The molecule has 1 saturated heterocycles. The number of carbonyl (C=O) groups is 1. The Hall–Kier alpha value is -3.66. The van der Waals surface area contributed by atoms with E-state index < -0.39 is 5.60 Å². The van der Waals surface area contributed by atoms with Crippen LogP contribution in [0.4, 0.5) is 17.3 Å². The maximum atomic E-state index is 12.1. The van der Waals surface area contributed by atoms with Crippen molar-refractivity contribution in [2.75, 3.05) is 36.4 Å². The minimum atomic E-state index is -0.875. The monoisotopic (exact) mass is 505 g/mol. The Morgan fingerprint density at radius 2 is 1.81 bits per heavy atom. The van der Waals surface area contributed by atoms with E-state index in [9.17, 15) is 9.90 Å². The van der Waals surface area contributed by atoms with E-state index in [4.69, 9.17) is 22.3 Å². The van der Waals surface area contributed by atoms with Crippen LogP contribution in [0.1, 0.15) is 28.8 Å². The number of piperidine rings is 1. The molecule has 0 radical (unpaired) electrons. The highest BCUT2D eigenvalue weighted by molar-refractivity contribution is 6.30. The van der Waals surface area contributed by atoms with Crippen LogP contribution in [-0.2, 0) is 5.60 Å². The minimum absolute atomic E-state index is 0.160. The first-order valence-corrected chi connectivity index (χ1v) is 12.3. The molecule has 186 valence electrons. The molecule has 5 rings (SSSR count). The average Bonchev–Trinajstić information content (AvgIpc) is 3.31. The highest BCUT2D eigenvalue weighted by Gasteiger charge is 2.34. The van der Waals surface area contributed by atoms with Crippen LogP contribution < -0.4 is 21.3 Å². The van der Waals surface area contributed by atoms with Gasteiger partial charge in [-0.05, 0) is 66.9 Å². The van der Waals surface area contributed by atoms with Crippen molar-refractivity contribution in [2.24, 2.45) is 5.73 Å². The number of hydrogen-bond acceptors (Lipinski definition) is 7. The Morgan fingerprint density at radius 1 is 1.08 bits per heavy atom. The molecule has 2 aromatic carbocycles. The third-order valence-corrected chi connectivity index (χ3v) is 6.74. The number of aromatic nitrogens is 3. The maximum absolute atomic E-state index is 12.1. The van der Waals surface area contributed by atoms with Gasteiger partial charge in [0.25, 0.3) is 5.91 Å². The summed E-state index contributed by atoms with van der Waals surface area (Å²) in [5, 5.41) is 22.4. The largest absolute Gasteiger partial charge is 0.385 e. The van der Waals surface area contributed by atoms with Crippen LogP contribution >= 0.6 is 11.6 Å². The summed E-state index contributed by atoms with van der Waals surface area (Å²) in [5.41, 5.74) is 8.47. The van der Waals surface area contributed by atoms with Gasteiger partial charge in [-0.25, -0.2) is 4.52 Å². The molecule has 1 aliphatic heterocycles. The van der Waals surface area contributed by atoms with Crippen molar-refractivity contribution < 1.29 is 9.90 Å². The summed E-state index contributed by atoms with van der Waals surface area (Å²) in [7, 11) is 0. The first-order chi connectivity index (χ1) is 17.4. The van der Waals surface area contributed by atoms with Gasteiger partial charge < -0.3 is 26.4 Å². The summed E-state index contributed by atoms with van der Waals surface area (Å²) >= 11 is 6.01. The van der Waals surface area contributed by atoms with E-state index in [0.717, 1.165) is 22.6 Å². The zero-order valence-corrected chi connectivity index (χ0v) is 20.4. The van der Waals surface area contributed by atoms with Crippen molar-refractivity contribution in [3.63, 3.8) is 0 Å². The van der Waals surface area contributed by atoms with Crippen molar-refractivity contribution in [2.45, 2.75) is 18.4 Å². The normalized spacial score (nSPS) is 15.1. The Kier molecular flexibility index (Phi) is 6.77. The molecule has 1 aliphatic rings. The Bertz CT molecular complexity index is 1350. The van der Waals surface area contributed by atoms with Crippen LogP contribution in [-0.4, -0.2) is 51.8 Å². The van der Waals surface area contributed by atoms with E-state index in [1.54, 1.807) is 16.6 Å². The molecule has 0 atom stereocenters. The number of nitrogens with zero attached hydrogens (tertiary/aromatic N) is 4. The molecule has 0 spiro atoms. The van der Waals surface area contributed by atoms with Crippen molar-refractivity contribution in [3.8, 4) is 0 Å². The zero-order chi connectivity index (χ0) is 25.1. The molecular formula is C26H28ClN7O2. The Labute approximate surface area is 213 Å². The fraction of sp³-hybridized carbons (Fsp3) is 0.269. The maximum Gasteiger partial charge on any atom is 0.251 e. The molecule has 4 aromatic rings. The van der Waals surface area contributed by atoms with Crippen molar-refractivity contribution in [3.05, 3.63) is 83.0 Å². The molecule has 0 aliphatic carbocycles. The van der Waals surface area contributed by atoms with Crippen molar-refractivity contribution >= 4 is 40.5 Å². The molecule has 10 heteroatoms. The number of rotatable bonds is 7. The number of pyridine rings is 1. The van der Waals surface area contributed by atoms with Gasteiger partial charge in [0.1, 0.15) is 0 Å². The van der Waals surface area contributed by atoms with Crippen molar-refractivity contribution in [1.82, 2.24) is 19.9 Å². The van der Waals surface area contributed by atoms with E-state index in [1.165, 1.54) is 0 Å². The van der Waals surface area contributed by atoms with E-state index >= 15 is 0 Å². The number of halogens is 1. The lowest BCUT2D eigenvalue weighted by molar-refractivity contribution is 0.0118. The highest BCUT2D eigenvalue weighted by atomic mass is 35.5. The molecule has 0 saturated carbocycles. The number of nitrogens with one attached hydrogen (secondary N) is 2.